The Hall–Kier alpha value is -3.22. The zero-order chi connectivity index (χ0) is 16.4. The summed E-state index contributed by atoms with van der Waals surface area (Å²) in [6.07, 6.45) is 4.76. The number of benzene rings is 1. The van der Waals surface area contributed by atoms with Crippen LogP contribution >= 0.6 is 0 Å². The van der Waals surface area contributed by atoms with Crippen molar-refractivity contribution in [3.8, 4) is 5.69 Å². The van der Waals surface area contributed by atoms with Crippen LogP contribution in [0.1, 0.15) is 10.4 Å². The molecular weight excluding hydrogens is 299 g/mol. The number of nitrogens with one attached hydrogen (secondary N) is 1. The zero-order valence-corrected chi connectivity index (χ0v) is 12.2. The first kappa shape index (κ1) is 14.7. The average Bonchev–Trinajstić information content (AvgIpc) is 3.04. The lowest BCUT2D eigenvalue weighted by atomic mass is 10.2. The van der Waals surface area contributed by atoms with Crippen LogP contribution in [0, 0.1) is 5.82 Å². The Balaban J connectivity index is 1.96. The molecule has 0 unspecified atom stereocenters. The van der Waals surface area contributed by atoms with Gasteiger partial charge < -0.3 is 9.88 Å². The van der Waals surface area contributed by atoms with Crippen LogP contribution in [0.5, 0.6) is 0 Å². The van der Waals surface area contributed by atoms with Crippen LogP contribution < -0.4 is 10.9 Å². The van der Waals surface area contributed by atoms with Gasteiger partial charge >= 0.3 is 0 Å². The van der Waals surface area contributed by atoms with Crippen LogP contribution in [-0.4, -0.2) is 20.3 Å². The molecule has 0 saturated heterocycles. The number of amides is 1. The van der Waals surface area contributed by atoms with Gasteiger partial charge in [0.25, 0.3) is 11.5 Å². The van der Waals surface area contributed by atoms with Crippen LogP contribution in [0.25, 0.3) is 5.69 Å². The topological polar surface area (TPSA) is 68.9 Å². The van der Waals surface area contributed by atoms with Gasteiger partial charge in [0.2, 0.25) is 0 Å². The molecule has 23 heavy (non-hydrogen) atoms. The molecule has 0 aliphatic carbocycles. The highest BCUT2D eigenvalue weighted by atomic mass is 19.1. The molecule has 0 radical (unpaired) electrons. The van der Waals surface area contributed by atoms with E-state index in [0.29, 0.717) is 5.69 Å². The summed E-state index contributed by atoms with van der Waals surface area (Å²) in [7, 11) is 1.59. The van der Waals surface area contributed by atoms with E-state index in [0.717, 1.165) is 0 Å². The smallest absolute Gasteiger partial charge is 0.255 e. The summed E-state index contributed by atoms with van der Waals surface area (Å²) in [5.41, 5.74) is 0.681. The second kappa shape index (κ2) is 5.88. The van der Waals surface area contributed by atoms with Crippen molar-refractivity contribution in [2.45, 2.75) is 0 Å². The summed E-state index contributed by atoms with van der Waals surface area (Å²) >= 11 is 0. The van der Waals surface area contributed by atoms with E-state index in [1.165, 1.54) is 45.8 Å². The highest BCUT2D eigenvalue weighted by Crippen LogP contribution is 2.21. The predicted octanol–water partition coefficient (Wildman–Crippen LogP) is 1.96. The highest BCUT2D eigenvalue weighted by Gasteiger charge is 2.12. The van der Waals surface area contributed by atoms with Crippen LogP contribution in [0.15, 0.2) is 59.8 Å². The molecule has 0 atom stereocenters. The van der Waals surface area contributed by atoms with E-state index in [9.17, 15) is 14.0 Å². The van der Waals surface area contributed by atoms with Gasteiger partial charge in [-0.05, 0) is 30.3 Å². The molecule has 3 rings (SSSR count). The number of hydrogen-bond acceptors (Lipinski definition) is 3. The van der Waals surface area contributed by atoms with Gasteiger partial charge in [0, 0.05) is 37.3 Å². The minimum absolute atomic E-state index is 0.198. The number of anilines is 1. The van der Waals surface area contributed by atoms with E-state index in [-0.39, 0.29) is 16.8 Å². The second-order valence-electron chi connectivity index (χ2n) is 4.93. The number of nitrogens with zero attached hydrogens (tertiary/aromatic N) is 3. The standard InChI is InChI=1S/C16H13FN4O2/c1-20-8-5-11(9-15(20)22)16(23)19-13-10-12(17)3-4-14(13)21-7-2-6-18-21/h2-10H,1H3,(H,19,23). The van der Waals surface area contributed by atoms with Crippen molar-refractivity contribution in [1.29, 1.82) is 0 Å². The summed E-state index contributed by atoms with van der Waals surface area (Å²) in [4.78, 5) is 23.9. The van der Waals surface area contributed by atoms with Crippen LogP contribution in [0.4, 0.5) is 10.1 Å². The summed E-state index contributed by atoms with van der Waals surface area (Å²) in [6, 6.07) is 8.46. The second-order valence-corrected chi connectivity index (χ2v) is 4.93. The van der Waals surface area contributed by atoms with Crippen LogP contribution in [-0.2, 0) is 7.05 Å². The number of aryl methyl sites for hydroxylation is 1. The van der Waals surface area contributed by atoms with Crippen molar-refractivity contribution in [2.75, 3.05) is 5.32 Å². The van der Waals surface area contributed by atoms with E-state index >= 15 is 0 Å². The fraction of sp³-hybridized carbons (Fsp3) is 0.0625. The van der Waals surface area contributed by atoms with E-state index in [1.807, 2.05) is 0 Å². The summed E-state index contributed by atoms with van der Waals surface area (Å²) in [5, 5.41) is 6.69. The van der Waals surface area contributed by atoms with Crippen molar-refractivity contribution in [3.63, 3.8) is 0 Å². The van der Waals surface area contributed by atoms with Gasteiger partial charge in [0.05, 0.1) is 11.4 Å². The Labute approximate surface area is 130 Å². The van der Waals surface area contributed by atoms with E-state index < -0.39 is 11.7 Å². The summed E-state index contributed by atoms with van der Waals surface area (Å²) < 4.78 is 16.4. The van der Waals surface area contributed by atoms with Crippen LogP contribution in [0.2, 0.25) is 0 Å². The van der Waals surface area contributed by atoms with Crippen molar-refractivity contribution in [2.24, 2.45) is 7.05 Å². The number of carbonyl (C=O) groups is 1. The molecule has 2 aromatic heterocycles. The molecule has 0 saturated carbocycles. The van der Waals surface area contributed by atoms with Gasteiger partial charge in [-0.25, -0.2) is 9.07 Å². The molecule has 0 aliphatic heterocycles. The lowest BCUT2D eigenvalue weighted by molar-refractivity contribution is 0.102. The van der Waals surface area contributed by atoms with Gasteiger partial charge in [-0.1, -0.05) is 0 Å². The quantitative estimate of drug-likeness (QED) is 0.804. The number of halogens is 1. The molecule has 6 nitrogen and oxygen atoms in total. The number of carbonyl (C=O) groups excluding carboxylic acids is 1. The third-order valence-electron chi connectivity index (χ3n) is 3.32. The van der Waals surface area contributed by atoms with E-state index in [2.05, 4.69) is 10.4 Å². The van der Waals surface area contributed by atoms with Crippen molar-refractivity contribution < 1.29 is 9.18 Å². The Kier molecular flexibility index (Phi) is 3.76. The summed E-state index contributed by atoms with van der Waals surface area (Å²) in [5.74, 6) is -0.984. The highest BCUT2D eigenvalue weighted by molar-refractivity contribution is 6.05. The molecule has 1 aromatic carbocycles. The maximum Gasteiger partial charge on any atom is 0.255 e. The number of aromatic nitrogens is 3. The minimum Gasteiger partial charge on any atom is -0.320 e. The van der Waals surface area contributed by atoms with Gasteiger partial charge in [-0.3, -0.25) is 9.59 Å². The summed E-state index contributed by atoms with van der Waals surface area (Å²) in [6.45, 7) is 0. The predicted molar refractivity (Wildman–Crippen MR) is 83.2 cm³/mol. The molecule has 0 aliphatic rings. The Morgan fingerprint density at radius 3 is 2.74 bits per heavy atom. The van der Waals surface area contributed by atoms with Gasteiger partial charge in [0.15, 0.2) is 0 Å². The van der Waals surface area contributed by atoms with E-state index in [1.54, 1.807) is 25.5 Å². The number of pyridine rings is 1. The molecule has 1 N–H and O–H groups in total. The molecule has 2 heterocycles. The van der Waals surface area contributed by atoms with Gasteiger partial charge in [-0.15, -0.1) is 0 Å². The Bertz CT molecular complexity index is 916. The molecule has 0 spiro atoms. The normalized spacial score (nSPS) is 10.5. The lowest BCUT2D eigenvalue weighted by Gasteiger charge is -2.11. The fourth-order valence-electron chi connectivity index (χ4n) is 2.10. The van der Waals surface area contributed by atoms with E-state index in [4.69, 9.17) is 0 Å². The first-order valence-corrected chi connectivity index (χ1v) is 6.82. The first-order chi connectivity index (χ1) is 11.0. The SMILES string of the molecule is Cn1ccc(C(=O)Nc2cc(F)ccc2-n2cccn2)cc1=O. The number of rotatable bonds is 3. The Morgan fingerprint density at radius 2 is 2.04 bits per heavy atom. The first-order valence-electron chi connectivity index (χ1n) is 6.82. The third kappa shape index (κ3) is 3.03. The molecule has 0 bridgehead atoms. The maximum atomic E-state index is 13.5. The lowest BCUT2D eigenvalue weighted by Crippen LogP contribution is -2.20. The van der Waals surface area contributed by atoms with Crippen molar-refractivity contribution in [1.82, 2.24) is 14.3 Å². The molecule has 116 valence electrons. The number of hydrogen-bond donors (Lipinski definition) is 1. The Morgan fingerprint density at radius 1 is 1.22 bits per heavy atom. The van der Waals surface area contributed by atoms with Gasteiger partial charge in [0.1, 0.15) is 5.82 Å². The maximum absolute atomic E-state index is 13.5. The minimum atomic E-state index is -0.498. The largest absolute Gasteiger partial charge is 0.320 e. The molecular formula is C16H13FN4O2. The molecule has 3 aromatic rings. The average molecular weight is 312 g/mol. The van der Waals surface area contributed by atoms with Crippen molar-refractivity contribution >= 4 is 11.6 Å². The molecule has 1 amide bonds. The molecule has 7 heteroatoms. The fourth-order valence-corrected chi connectivity index (χ4v) is 2.10. The monoisotopic (exact) mass is 312 g/mol. The van der Waals surface area contributed by atoms with Gasteiger partial charge in [-0.2, -0.15) is 5.10 Å². The van der Waals surface area contributed by atoms with Crippen molar-refractivity contribution in [3.05, 3.63) is 76.7 Å². The molecule has 0 fully saturated rings. The van der Waals surface area contributed by atoms with Crippen LogP contribution in [0.3, 0.4) is 0 Å². The third-order valence-corrected chi connectivity index (χ3v) is 3.32. The zero-order valence-electron chi connectivity index (χ0n) is 12.2.